The Balaban J connectivity index is 2.10. The molecule has 0 spiro atoms. The van der Waals surface area contributed by atoms with E-state index in [1.165, 1.54) is 11.3 Å². The molecule has 0 N–H and O–H groups in total. The zero-order valence-electron chi connectivity index (χ0n) is 10.1. The van der Waals surface area contributed by atoms with Gasteiger partial charge in [0.1, 0.15) is 0 Å². The molecule has 2 aromatic rings. The molecule has 0 saturated heterocycles. The van der Waals surface area contributed by atoms with Gasteiger partial charge in [0.2, 0.25) is 0 Å². The number of likely N-dealkylation sites (N-methyl/N-ethyl adjacent to an activating group) is 1. The molecule has 1 aliphatic rings. The largest absolute Gasteiger partial charge is 0.295 e. The van der Waals surface area contributed by atoms with Gasteiger partial charge in [-0.2, -0.15) is 0 Å². The topological polar surface area (TPSA) is 34.0 Å². The first-order valence-corrected chi connectivity index (χ1v) is 5.91. The molecule has 3 rings (SSSR count). The predicted molar refractivity (Wildman–Crippen MR) is 65.5 cm³/mol. The second-order valence-corrected chi connectivity index (χ2v) is 4.68. The van der Waals surface area contributed by atoms with E-state index in [1.54, 1.807) is 0 Å². The Morgan fingerprint density at radius 2 is 2.00 bits per heavy atom. The smallest absolute Gasteiger partial charge is 0.0942 e. The average molecular weight is 228 g/mol. The minimum absolute atomic E-state index is 0.257. The normalized spacial score (nSPS) is 24.6. The molecule has 1 aromatic carbocycles. The summed E-state index contributed by atoms with van der Waals surface area (Å²) in [5.41, 5.74) is 2.47. The van der Waals surface area contributed by atoms with Crippen molar-refractivity contribution in [2.45, 2.75) is 25.6 Å². The van der Waals surface area contributed by atoms with E-state index in [0.29, 0.717) is 6.04 Å². The molecule has 0 amide bonds. The van der Waals surface area contributed by atoms with Crippen LogP contribution in [0.5, 0.6) is 0 Å². The number of hydrogen-bond acceptors (Lipinski definition) is 3. The number of fused-ring (bicyclic) bond motifs is 1. The van der Waals surface area contributed by atoms with E-state index in [-0.39, 0.29) is 6.04 Å². The van der Waals surface area contributed by atoms with Crippen molar-refractivity contribution < 1.29 is 0 Å². The second kappa shape index (κ2) is 3.96. The van der Waals surface area contributed by atoms with Crippen LogP contribution in [-0.2, 0) is 6.54 Å². The van der Waals surface area contributed by atoms with Crippen LogP contribution >= 0.6 is 0 Å². The molecule has 4 heteroatoms. The Hall–Kier alpha value is -1.68. The molecule has 0 bridgehead atoms. The van der Waals surface area contributed by atoms with Crippen LogP contribution in [0.2, 0.25) is 0 Å². The van der Waals surface area contributed by atoms with Gasteiger partial charge in [-0.3, -0.25) is 4.90 Å². The summed E-state index contributed by atoms with van der Waals surface area (Å²) in [5, 5.41) is 8.27. The van der Waals surface area contributed by atoms with Gasteiger partial charge in [-0.25, -0.2) is 4.68 Å². The van der Waals surface area contributed by atoms with Gasteiger partial charge in [-0.1, -0.05) is 35.5 Å². The molecule has 88 valence electrons. The fraction of sp³-hybridized carbons (Fsp3) is 0.385. The number of rotatable bonds is 1. The lowest BCUT2D eigenvalue weighted by Gasteiger charge is -2.37. The van der Waals surface area contributed by atoms with Crippen LogP contribution < -0.4 is 0 Å². The van der Waals surface area contributed by atoms with Crippen molar-refractivity contribution >= 4 is 0 Å². The maximum Gasteiger partial charge on any atom is 0.0942 e. The number of nitrogens with zero attached hydrogens (tertiary/aromatic N) is 4. The molecule has 0 fully saturated rings. The van der Waals surface area contributed by atoms with Crippen molar-refractivity contribution in [1.29, 1.82) is 0 Å². The zero-order valence-corrected chi connectivity index (χ0v) is 10.1. The minimum Gasteiger partial charge on any atom is -0.295 e. The quantitative estimate of drug-likeness (QED) is 0.745. The Morgan fingerprint density at radius 3 is 2.76 bits per heavy atom. The second-order valence-electron chi connectivity index (χ2n) is 4.68. The standard InChI is InChI=1S/C13H16N4/c1-10-13(11-6-4-3-5-7-11)17-12(8-14-15-17)9-16(10)2/h3-8,10,13H,9H2,1-2H3/t10-,13-/m0/s1. The lowest BCUT2D eigenvalue weighted by atomic mass is 9.97. The first kappa shape index (κ1) is 10.5. The highest BCUT2D eigenvalue weighted by molar-refractivity contribution is 5.23. The summed E-state index contributed by atoms with van der Waals surface area (Å²) in [5.74, 6) is 0. The summed E-state index contributed by atoms with van der Waals surface area (Å²) in [7, 11) is 2.15. The molecule has 0 aliphatic carbocycles. The molecule has 2 atom stereocenters. The number of hydrogen-bond donors (Lipinski definition) is 0. The molecular weight excluding hydrogens is 212 g/mol. The van der Waals surface area contributed by atoms with Crippen LogP contribution in [0.1, 0.15) is 24.2 Å². The van der Waals surface area contributed by atoms with Gasteiger partial charge < -0.3 is 0 Å². The third-order valence-corrected chi connectivity index (χ3v) is 3.62. The molecule has 0 radical (unpaired) electrons. The molecule has 1 aliphatic heterocycles. The van der Waals surface area contributed by atoms with Gasteiger partial charge in [-0.05, 0) is 19.5 Å². The van der Waals surface area contributed by atoms with Crippen molar-refractivity contribution in [1.82, 2.24) is 19.9 Å². The van der Waals surface area contributed by atoms with Gasteiger partial charge in [0.15, 0.2) is 0 Å². The Kier molecular flexibility index (Phi) is 2.44. The van der Waals surface area contributed by atoms with Crippen LogP contribution in [0.4, 0.5) is 0 Å². The van der Waals surface area contributed by atoms with E-state index in [2.05, 4.69) is 58.1 Å². The van der Waals surface area contributed by atoms with E-state index in [1.807, 2.05) is 12.3 Å². The van der Waals surface area contributed by atoms with Gasteiger partial charge in [0.25, 0.3) is 0 Å². The Morgan fingerprint density at radius 1 is 1.24 bits per heavy atom. The van der Waals surface area contributed by atoms with E-state index in [4.69, 9.17) is 0 Å². The molecule has 0 saturated carbocycles. The molecule has 4 nitrogen and oxygen atoms in total. The lowest BCUT2D eigenvalue weighted by molar-refractivity contribution is 0.155. The molecule has 17 heavy (non-hydrogen) atoms. The lowest BCUT2D eigenvalue weighted by Crippen LogP contribution is -2.43. The van der Waals surface area contributed by atoms with Crippen molar-refractivity contribution in [2.75, 3.05) is 7.05 Å². The van der Waals surface area contributed by atoms with Crippen molar-refractivity contribution in [3.63, 3.8) is 0 Å². The fourth-order valence-corrected chi connectivity index (χ4v) is 2.53. The van der Waals surface area contributed by atoms with Crippen molar-refractivity contribution in [3.8, 4) is 0 Å². The fourth-order valence-electron chi connectivity index (χ4n) is 2.53. The minimum atomic E-state index is 0.257. The summed E-state index contributed by atoms with van der Waals surface area (Å²) in [4.78, 5) is 2.34. The van der Waals surface area contributed by atoms with Crippen LogP contribution in [0.3, 0.4) is 0 Å². The highest BCUT2D eigenvalue weighted by Gasteiger charge is 2.31. The van der Waals surface area contributed by atoms with E-state index < -0.39 is 0 Å². The SMILES string of the molecule is C[C@H]1[C@@H](c2ccccc2)n2nncc2CN1C. The molecule has 0 unspecified atom stereocenters. The highest BCUT2D eigenvalue weighted by Crippen LogP contribution is 2.30. The summed E-state index contributed by atoms with van der Waals surface area (Å²) in [6, 6.07) is 11.2. The monoisotopic (exact) mass is 228 g/mol. The van der Waals surface area contributed by atoms with Crippen molar-refractivity contribution in [2.24, 2.45) is 0 Å². The van der Waals surface area contributed by atoms with Gasteiger partial charge >= 0.3 is 0 Å². The average Bonchev–Trinajstić information content (AvgIpc) is 2.79. The maximum atomic E-state index is 4.24. The Bertz CT molecular complexity index is 505. The van der Waals surface area contributed by atoms with Crippen molar-refractivity contribution in [3.05, 3.63) is 47.8 Å². The first-order valence-electron chi connectivity index (χ1n) is 5.91. The molecule has 1 aromatic heterocycles. The van der Waals surface area contributed by atoms with Crippen LogP contribution in [0.25, 0.3) is 0 Å². The highest BCUT2D eigenvalue weighted by atomic mass is 15.5. The number of aromatic nitrogens is 3. The van der Waals surface area contributed by atoms with Crippen LogP contribution in [0.15, 0.2) is 36.5 Å². The van der Waals surface area contributed by atoms with Gasteiger partial charge in [0, 0.05) is 12.6 Å². The van der Waals surface area contributed by atoms with E-state index in [0.717, 1.165) is 6.54 Å². The predicted octanol–water partition coefficient (Wildman–Crippen LogP) is 1.70. The third kappa shape index (κ3) is 1.65. The van der Waals surface area contributed by atoms with Crippen LogP contribution in [-0.4, -0.2) is 33.0 Å². The first-order chi connectivity index (χ1) is 8.27. The van der Waals surface area contributed by atoms with Crippen LogP contribution in [0, 0.1) is 0 Å². The zero-order chi connectivity index (χ0) is 11.8. The van der Waals surface area contributed by atoms with E-state index >= 15 is 0 Å². The Labute approximate surface area is 101 Å². The summed E-state index contributed by atoms with van der Waals surface area (Å²) in [6.07, 6.45) is 1.86. The van der Waals surface area contributed by atoms with Gasteiger partial charge in [-0.15, -0.1) is 5.10 Å². The van der Waals surface area contributed by atoms with Gasteiger partial charge in [0.05, 0.1) is 17.9 Å². The molecular formula is C13H16N4. The van der Waals surface area contributed by atoms with E-state index in [9.17, 15) is 0 Å². The summed E-state index contributed by atoms with van der Waals surface area (Å²) in [6.45, 7) is 3.15. The molecule has 2 heterocycles. The third-order valence-electron chi connectivity index (χ3n) is 3.62. The summed E-state index contributed by atoms with van der Waals surface area (Å²) >= 11 is 0. The number of benzene rings is 1. The summed E-state index contributed by atoms with van der Waals surface area (Å²) < 4.78 is 2.06. The maximum absolute atomic E-state index is 4.24.